The number of hydrogen-bond acceptors (Lipinski definition) is 4. The SMILES string of the molecule is O=C(c1ccc(Br)o1)N1CCN(S(=O)(=O)c2ccc3c(c2)CCCC3)CC1. The fourth-order valence-corrected chi connectivity index (χ4v) is 5.52. The molecule has 0 N–H and O–H groups in total. The summed E-state index contributed by atoms with van der Waals surface area (Å²) in [7, 11) is -3.54. The normalized spacial score (nSPS) is 18.3. The summed E-state index contributed by atoms with van der Waals surface area (Å²) in [5.74, 6) is 0.0411. The van der Waals surface area contributed by atoms with Gasteiger partial charge in [0, 0.05) is 26.2 Å². The van der Waals surface area contributed by atoms with Crippen molar-refractivity contribution >= 4 is 31.9 Å². The molecule has 1 saturated heterocycles. The van der Waals surface area contributed by atoms with E-state index in [0.717, 1.165) is 24.8 Å². The summed E-state index contributed by atoms with van der Waals surface area (Å²) in [4.78, 5) is 14.4. The Morgan fingerprint density at radius 2 is 1.67 bits per heavy atom. The van der Waals surface area contributed by atoms with Crippen molar-refractivity contribution in [3.05, 3.63) is 51.9 Å². The van der Waals surface area contributed by atoms with E-state index >= 15 is 0 Å². The van der Waals surface area contributed by atoms with Crippen molar-refractivity contribution in [2.45, 2.75) is 30.6 Å². The number of aryl methyl sites for hydroxylation is 2. The van der Waals surface area contributed by atoms with E-state index in [1.165, 1.54) is 16.3 Å². The molecule has 1 fully saturated rings. The van der Waals surface area contributed by atoms with Gasteiger partial charge in [-0.3, -0.25) is 4.79 Å². The monoisotopic (exact) mass is 452 g/mol. The van der Waals surface area contributed by atoms with Crippen molar-refractivity contribution in [2.75, 3.05) is 26.2 Å². The minimum absolute atomic E-state index is 0.216. The number of halogens is 1. The highest BCUT2D eigenvalue weighted by molar-refractivity contribution is 9.10. The molecule has 0 unspecified atom stereocenters. The van der Waals surface area contributed by atoms with Crippen molar-refractivity contribution in [1.29, 1.82) is 0 Å². The van der Waals surface area contributed by atoms with Gasteiger partial charge in [-0.15, -0.1) is 0 Å². The molecule has 27 heavy (non-hydrogen) atoms. The quantitative estimate of drug-likeness (QED) is 0.717. The molecule has 0 atom stereocenters. The molecule has 0 bridgehead atoms. The highest BCUT2D eigenvalue weighted by atomic mass is 79.9. The van der Waals surface area contributed by atoms with Crippen molar-refractivity contribution in [3.63, 3.8) is 0 Å². The molecule has 8 heteroatoms. The Morgan fingerprint density at radius 3 is 2.33 bits per heavy atom. The summed E-state index contributed by atoms with van der Waals surface area (Å²) in [5, 5.41) is 0. The van der Waals surface area contributed by atoms with Gasteiger partial charge in [0.1, 0.15) is 0 Å². The first-order valence-electron chi connectivity index (χ1n) is 9.12. The van der Waals surface area contributed by atoms with Crippen LogP contribution in [-0.4, -0.2) is 49.7 Å². The van der Waals surface area contributed by atoms with Crippen molar-refractivity contribution < 1.29 is 17.6 Å². The molecule has 1 amide bonds. The van der Waals surface area contributed by atoms with Crippen molar-refractivity contribution in [1.82, 2.24) is 9.21 Å². The first-order chi connectivity index (χ1) is 12.9. The van der Waals surface area contributed by atoms with Crippen molar-refractivity contribution in [3.8, 4) is 0 Å². The largest absolute Gasteiger partial charge is 0.444 e. The van der Waals surface area contributed by atoms with E-state index in [0.29, 0.717) is 22.7 Å². The molecular formula is C19H21BrN2O4S. The maximum absolute atomic E-state index is 13.0. The number of carbonyl (C=O) groups excluding carboxylic acids is 1. The van der Waals surface area contributed by atoms with Gasteiger partial charge in [-0.2, -0.15) is 4.31 Å². The fraction of sp³-hybridized carbons (Fsp3) is 0.421. The molecule has 0 spiro atoms. The summed E-state index contributed by atoms with van der Waals surface area (Å²) in [6.07, 6.45) is 4.25. The number of fused-ring (bicyclic) bond motifs is 1. The molecule has 144 valence electrons. The molecule has 0 radical (unpaired) electrons. The first kappa shape index (κ1) is 18.7. The Balaban J connectivity index is 1.46. The molecule has 0 saturated carbocycles. The van der Waals surface area contributed by atoms with Gasteiger partial charge in [-0.1, -0.05) is 6.07 Å². The zero-order valence-corrected chi connectivity index (χ0v) is 17.3. The second-order valence-corrected chi connectivity index (χ2v) is 9.66. The highest BCUT2D eigenvalue weighted by Gasteiger charge is 2.31. The molecule has 6 nitrogen and oxygen atoms in total. The minimum atomic E-state index is -3.54. The molecule has 1 aromatic carbocycles. The third-order valence-electron chi connectivity index (χ3n) is 5.27. The maximum atomic E-state index is 13.0. The van der Waals surface area contributed by atoms with Crippen LogP contribution in [0.15, 0.2) is 44.3 Å². The van der Waals surface area contributed by atoms with Gasteiger partial charge in [0.15, 0.2) is 10.4 Å². The van der Waals surface area contributed by atoms with E-state index in [1.807, 2.05) is 12.1 Å². The molecule has 1 aromatic heterocycles. The van der Waals surface area contributed by atoms with Crippen LogP contribution in [0, 0.1) is 0 Å². The number of carbonyl (C=O) groups is 1. The van der Waals surface area contributed by atoms with Crippen molar-refractivity contribution in [2.24, 2.45) is 0 Å². The lowest BCUT2D eigenvalue weighted by molar-refractivity contribution is 0.0664. The van der Waals surface area contributed by atoms with Gasteiger partial charge in [0.25, 0.3) is 5.91 Å². The number of piperazine rings is 1. The van der Waals surface area contributed by atoms with E-state index in [-0.39, 0.29) is 24.8 Å². The van der Waals surface area contributed by atoms with E-state index in [9.17, 15) is 13.2 Å². The molecular weight excluding hydrogens is 432 g/mol. The van der Waals surface area contributed by atoms with Crippen LogP contribution in [-0.2, 0) is 22.9 Å². The molecule has 2 heterocycles. The zero-order chi connectivity index (χ0) is 19.0. The molecule has 1 aliphatic heterocycles. The Hall–Kier alpha value is -1.64. The summed E-state index contributed by atoms with van der Waals surface area (Å²) in [6, 6.07) is 8.79. The number of furan rings is 1. The highest BCUT2D eigenvalue weighted by Crippen LogP contribution is 2.26. The number of benzene rings is 1. The molecule has 1 aliphatic carbocycles. The van der Waals surface area contributed by atoms with Crippen LogP contribution < -0.4 is 0 Å². The lowest BCUT2D eigenvalue weighted by atomic mass is 9.92. The second kappa shape index (κ2) is 7.41. The van der Waals surface area contributed by atoms with Gasteiger partial charge < -0.3 is 9.32 Å². The Morgan fingerprint density at radius 1 is 0.963 bits per heavy atom. The fourth-order valence-electron chi connectivity index (χ4n) is 3.74. The topological polar surface area (TPSA) is 70.8 Å². The maximum Gasteiger partial charge on any atom is 0.289 e. The predicted molar refractivity (Wildman–Crippen MR) is 104 cm³/mol. The standard InChI is InChI=1S/C19H21BrN2O4S/c20-18-8-7-17(26-18)19(23)21-9-11-22(12-10-21)27(24,25)16-6-5-14-3-1-2-4-15(14)13-16/h5-8,13H,1-4,9-12H2. The summed E-state index contributed by atoms with van der Waals surface area (Å²) in [5.41, 5.74) is 2.42. The van der Waals surface area contributed by atoms with Crippen LogP contribution >= 0.6 is 15.9 Å². The number of nitrogens with zero attached hydrogens (tertiary/aromatic N) is 2. The van der Waals surface area contributed by atoms with Crippen LogP contribution in [0.5, 0.6) is 0 Å². The minimum Gasteiger partial charge on any atom is -0.444 e. The number of sulfonamides is 1. The summed E-state index contributed by atoms with van der Waals surface area (Å²) in [6.45, 7) is 1.27. The Labute approximate surface area is 167 Å². The van der Waals surface area contributed by atoms with Gasteiger partial charge in [-0.05, 0) is 77.0 Å². The van der Waals surface area contributed by atoms with Gasteiger partial charge in [0.05, 0.1) is 4.90 Å². The smallest absolute Gasteiger partial charge is 0.289 e. The lowest BCUT2D eigenvalue weighted by Gasteiger charge is -2.33. The van der Waals surface area contributed by atoms with Crippen LogP contribution in [0.3, 0.4) is 0 Å². The van der Waals surface area contributed by atoms with Gasteiger partial charge >= 0.3 is 0 Å². The van der Waals surface area contributed by atoms with Crippen LogP contribution in [0.25, 0.3) is 0 Å². The molecule has 2 aromatic rings. The summed E-state index contributed by atoms with van der Waals surface area (Å²) >= 11 is 3.19. The Kier molecular flexibility index (Phi) is 5.13. The third-order valence-corrected chi connectivity index (χ3v) is 7.59. The zero-order valence-electron chi connectivity index (χ0n) is 14.9. The molecule has 2 aliphatic rings. The van der Waals surface area contributed by atoms with E-state index in [4.69, 9.17) is 4.42 Å². The third kappa shape index (κ3) is 3.70. The van der Waals surface area contributed by atoms with Crippen LogP contribution in [0.2, 0.25) is 0 Å². The van der Waals surface area contributed by atoms with E-state index in [2.05, 4.69) is 15.9 Å². The second-order valence-electron chi connectivity index (χ2n) is 6.94. The predicted octanol–water partition coefficient (Wildman–Crippen LogP) is 3.07. The summed E-state index contributed by atoms with van der Waals surface area (Å²) < 4.78 is 33.3. The van der Waals surface area contributed by atoms with Crippen LogP contribution in [0.1, 0.15) is 34.5 Å². The number of hydrogen-bond donors (Lipinski definition) is 0. The number of rotatable bonds is 3. The lowest BCUT2D eigenvalue weighted by Crippen LogP contribution is -2.50. The van der Waals surface area contributed by atoms with Crippen LogP contribution in [0.4, 0.5) is 0 Å². The first-order valence-corrected chi connectivity index (χ1v) is 11.3. The average molecular weight is 453 g/mol. The Bertz CT molecular complexity index is 962. The van der Waals surface area contributed by atoms with Gasteiger partial charge in [0.2, 0.25) is 10.0 Å². The van der Waals surface area contributed by atoms with Gasteiger partial charge in [-0.25, -0.2) is 8.42 Å². The van der Waals surface area contributed by atoms with E-state index < -0.39 is 10.0 Å². The average Bonchev–Trinajstić information content (AvgIpc) is 3.13. The van der Waals surface area contributed by atoms with E-state index in [1.54, 1.807) is 23.1 Å². The molecule has 4 rings (SSSR count). The number of amides is 1.